The minimum absolute atomic E-state index is 0.437. The Morgan fingerprint density at radius 3 is 2.73 bits per heavy atom. The van der Waals surface area contributed by atoms with Gasteiger partial charge in [-0.3, -0.25) is 5.41 Å². The highest BCUT2D eigenvalue weighted by atomic mass is 15.2. The molecule has 1 unspecified atom stereocenters. The molecule has 0 bridgehead atoms. The van der Waals surface area contributed by atoms with E-state index in [-0.39, 0.29) is 0 Å². The molecule has 1 saturated heterocycles. The van der Waals surface area contributed by atoms with Gasteiger partial charge in [0.05, 0.1) is 5.71 Å². The first-order valence-corrected chi connectivity index (χ1v) is 11.3. The molecule has 0 spiro atoms. The standard InChI is InChI=1S/C26H38N4/c1-5-7-21(14-18(2)3)26(28)23-15-19(4)25(16-24(23)27)29-22-8-6-12-30(17-22)13-11-20-9-10-20/h5,7,14-16,20,22,28-29H,1,6,8-13,17,27H2,2-4H3/b21-7+,28-26?. The summed E-state index contributed by atoms with van der Waals surface area (Å²) in [7, 11) is 0. The Labute approximate surface area is 182 Å². The van der Waals surface area contributed by atoms with E-state index in [0.29, 0.717) is 17.4 Å². The van der Waals surface area contributed by atoms with Crippen LogP contribution in [0.5, 0.6) is 0 Å². The van der Waals surface area contributed by atoms with Crippen molar-refractivity contribution in [3.05, 3.63) is 59.2 Å². The van der Waals surface area contributed by atoms with Crippen molar-refractivity contribution < 1.29 is 0 Å². The minimum Gasteiger partial charge on any atom is -0.398 e. The van der Waals surface area contributed by atoms with E-state index in [1.807, 2.05) is 38.1 Å². The zero-order valence-electron chi connectivity index (χ0n) is 18.9. The Bertz CT molecular complexity index is 841. The predicted octanol–water partition coefficient (Wildman–Crippen LogP) is 5.70. The second kappa shape index (κ2) is 10.1. The molecule has 1 aliphatic heterocycles. The summed E-state index contributed by atoms with van der Waals surface area (Å²) in [5.41, 5.74) is 12.5. The second-order valence-corrected chi connectivity index (χ2v) is 9.22. The summed E-state index contributed by atoms with van der Waals surface area (Å²) in [4.78, 5) is 2.62. The van der Waals surface area contributed by atoms with Gasteiger partial charge in [0.1, 0.15) is 0 Å². The van der Waals surface area contributed by atoms with Gasteiger partial charge in [0, 0.05) is 29.5 Å². The van der Waals surface area contributed by atoms with Crippen LogP contribution in [0, 0.1) is 18.3 Å². The summed E-state index contributed by atoms with van der Waals surface area (Å²) < 4.78 is 0. The maximum atomic E-state index is 8.69. The topological polar surface area (TPSA) is 65.1 Å². The fraction of sp³-hybridized carbons (Fsp3) is 0.500. The van der Waals surface area contributed by atoms with Crippen LogP contribution in [-0.4, -0.2) is 36.3 Å². The molecule has 1 saturated carbocycles. The lowest BCUT2D eigenvalue weighted by Crippen LogP contribution is -2.42. The first kappa shape index (κ1) is 22.4. The number of hydrogen-bond acceptors (Lipinski definition) is 4. The molecular formula is C26H38N4. The molecular weight excluding hydrogens is 368 g/mol. The molecule has 2 fully saturated rings. The highest BCUT2D eigenvalue weighted by Crippen LogP contribution is 2.33. The van der Waals surface area contributed by atoms with Crippen LogP contribution in [-0.2, 0) is 0 Å². The number of allylic oxidation sites excluding steroid dienone is 5. The average molecular weight is 407 g/mol. The van der Waals surface area contributed by atoms with Gasteiger partial charge in [-0.1, -0.05) is 43.2 Å². The van der Waals surface area contributed by atoms with Crippen molar-refractivity contribution >= 4 is 17.1 Å². The number of aryl methyl sites for hydroxylation is 1. The van der Waals surface area contributed by atoms with Crippen molar-refractivity contribution in [2.45, 2.75) is 58.9 Å². The van der Waals surface area contributed by atoms with Crippen molar-refractivity contribution in [3.63, 3.8) is 0 Å². The summed E-state index contributed by atoms with van der Waals surface area (Å²) in [5.74, 6) is 0.995. The molecule has 4 heteroatoms. The van der Waals surface area contributed by atoms with Crippen LogP contribution in [0.4, 0.5) is 11.4 Å². The van der Waals surface area contributed by atoms with Crippen LogP contribution in [0.3, 0.4) is 0 Å². The number of benzene rings is 1. The molecule has 2 aliphatic rings. The number of nitrogen functional groups attached to an aromatic ring is 1. The predicted molar refractivity (Wildman–Crippen MR) is 131 cm³/mol. The highest BCUT2D eigenvalue weighted by molar-refractivity contribution is 6.15. The average Bonchev–Trinajstić information content (AvgIpc) is 3.53. The van der Waals surface area contributed by atoms with E-state index in [9.17, 15) is 0 Å². The quantitative estimate of drug-likeness (QED) is 0.280. The van der Waals surface area contributed by atoms with Gasteiger partial charge in [0.15, 0.2) is 0 Å². The van der Waals surface area contributed by atoms with Crippen LogP contribution in [0.15, 0.2) is 48.1 Å². The van der Waals surface area contributed by atoms with Crippen LogP contribution in [0.25, 0.3) is 0 Å². The number of rotatable bonds is 9. The molecule has 1 heterocycles. The fourth-order valence-electron chi connectivity index (χ4n) is 4.26. The van der Waals surface area contributed by atoms with Crippen LogP contribution in [0.1, 0.15) is 57.1 Å². The van der Waals surface area contributed by atoms with Gasteiger partial charge in [-0.05, 0) is 82.3 Å². The molecule has 162 valence electrons. The Hall–Kier alpha value is -2.33. The molecule has 1 aliphatic carbocycles. The molecule has 0 amide bonds. The first-order valence-electron chi connectivity index (χ1n) is 11.3. The van der Waals surface area contributed by atoms with Gasteiger partial charge in [-0.15, -0.1) is 0 Å². The van der Waals surface area contributed by atoms with Crippen molar-refractivity contribution in [1.82, 2.24) is 4.90 Å². The van der Waals surface area contributed by atoms with Gasteiger partial charge in [-0.2, -0.15) is 0 Å². The van der Waals surface area contributed by atoms with Gasteiger partial charge in [0.25, 0.3) is 0 Å². The number of anilines is 2. The fourth-order valence-corrected chi connectivity index (χ4v) is 4.26. The summed E-state index contributed by atoms with van der Waals surface area (Å²) in [6, 6.07) is 4.52. The molecule has 1 aromatic rings. The maximum absolute atomic E-state index is 8.69. The number of hydrogen-bond donors (Lipinski definition) is 3. The van der Waals surface area contributed by atoms with Gasteiger partial charge in [0.2, 0.25) is 0 Å². The monoisotopic (exact) mass is 406 g/mol. The lowest BCUT2D eigenvalue weighted by molar-refractivity contribution is 0.211. The summed E-state index contributed by atoms with van der Waals surface area (Å²) in [6.45, 7) is 13.5. The summed E-state index contributed by atoms with van der Waals surface area (Å²) in [5, 5.41) is 12.4. The van der Waals surface area contributed by atoms with E-state index >= 15 is 0 Å². The Kier molecular flexibility index (Phi) is 7.54. The minimum atomic E-state index is 0.437. The van der Waals surface area contributed by atoms with E-state index in [0.717, 1.165) is 40.4 Å². The summed E-state index contributed by atoms with van der Waals surface area (Å²) >= 11 is 0. The molecule has 3 rings (SSSR count). The summed E-state index contributed by atoms with van der Waals surface area (Å²) in [6.07, 6.45) is 12.3. The lowest BCUT2D eigenvalue weighted by Gasteiger charge is -2.34. The third kappa shape index (κ3) is 6.09. The van der Waals surface area contributed by atoms with E-state index in [1.54, 1.807) is 6.08 Å². The van der Waals surface area contributed by atoms with Gasteiger partial charge >= 0.3 is 0 Å². The number of likely N-dealkylation sites (tertiary alicyclic amines) is 1. The molecule has 0 aromatic heterocycles. The maximum Gasteiger partial charge on any atom is 0.0705 e. The SMILES string of the molecule is C=C/C=C(\C=C(C)C)C(=N)c1cc(C)c(NC2CCCN(CCC3CC3)C2)cc1N. The van der Waals surface area contributed by atoms with Gasteiger partial charge < -0.3 is 16.0 Å². The van der Waals surface area contributed by atoms with Crippen molar-refractivity contribution in [2.24, 2.45) is 5.92 Å². The molecule has 1 aromatic carbocycles. The van der Waals surface area contributed by atoms with Crippen LogP contribution >= 0.6 is 0 Å². The Morgan fingerprint density at radius 1 is 1.30 bits per heavy atom. The third-order valence-corrected chi connectivity index (χ3v) is 6.11. The number of nitrogens with two attached hydrogens (primary N) is 1. The van der Waals surface area contributed by atoms with Crippen LogP contribution < -0.4 is 11.1 Å². The lowest BCUT2D eigenvalue weighted by atomic mass is 9.96. The largest absolute Gasteiger partial charge is 0.398 e. The highest BCUT2D eigenvalue weighted by Gasteiger charge is 2.25. The molecule has 4 N–H and O–H groups in total. The van der Waals surface area contributed by atoms with E-state index in [1.165, 1.54) is 45.2 Å². The van der Waals surface area contributed by atoms with Gasteiger partial charge in [-0.25, -0.2) is 0 Å². The molecule has 4 nitrogen and oxygen atoms in total. The Balaban J connectivity index is 1.70. The van der Waals surface area contributed by atoms with Crippen molar-refractivity contribution in [3.8, 4) is 0 Å². The van der Waals surface area contributed by atoms with Crippen molar-refractivity contribution in [2.75, 3.05) is 30.7 Å². The third-order valence-electron chi connectivity index (χ3n) is 6.11. The number of piperidine rings is 1. The van der Waals surface area contributed by atoms with E-state index < -0.39 is 0 Å². The molecule has 1 atom stereocenters. The zero-order chi connectivity index (χ0) is 21.7. The smallest absolute Gasteiger partial charge is 0.0705 e. The Morgan fingerprint density at radius 2 is 2.07 bits per heavy atom. The first-order chi connectivity index (χ1) is 14.4. The number of nitrogens with one attached hydrogen (secondary N) is 2. The van der Waals surface area contributed by atoms with Crippen LogP contribution in [0.2, 0.25) is 0 Å². The second-order valence-electron chi connectivity index (χ2n) is 9.22. The molecule has 30 heavy (non-hydrogen) atoms. The normalized spacial score (nSPS) is 20.0. The van der Waals surface area contributed by atoms with E-state index in [4.69, 9.17) is 11.1 Å². The van der Waals surface area contributed by atoms with Crippen molar-refractivity contribution in [1.29, 1.82) is 5.41 Å². The molecule has 0 radical (unpaired) electrons. The van der Waals surface area contributed by atoms with E-state index in [2.05, 4.69) is 23.7 Å². The zero-order valence-corrected chi connectivity index (χ0v) is 18.9. The number of nitrogens with zero attached hydrogens (tertiary/aromatic N) is 1.